The van der Waals surface area contributed by atoms with Crippen molar-refractivity contribution >= 4 is 0 Å². The minimum Gasteiger partial charge on any atom is -0.489 e. The average molecular weight is 277 g/mol. The number of hydrogen-bond donors (Lipinski definition) is 1. The molecule has 1 N–H and O–H groups in total. The minimum absolute atomic E-state index is 0.279. The number of ether oxygens (including phenoxy) is 1. The van der Waals surface area contributed by atoms with E-state index in [1.54, 1.807) is 0 Å². The molecule has 1 aromatic rings. The van der Waals surface area contributed by atoms with Gasteiger partial charge in [-0.2, -0.15) is 0 Å². The first-order valence-electron chi connectivity index (χ1n) is 8.18. The molecule has 0 amide bonds. The molecular formula is C18H31NO. The second-order valence-corrected chi connectivity index (χ2v) is 5.61. The summed E-state index contributed by atoms with van der Waals surface area (Å²) in [7, 11) is 0. The molecule has 20 heavy (non-hydrogen) atoms. The van der Waals surface area contributed by atoms with E-state index in [4.69, 9.17) is 4.74 Å². The van der Waals surface area contributed by atoms with Crippen LogP contribution in [-0.4, -0.2) is 19.2 Å². The lowest BCUT2D eigenvalue weighted by molar-refractivity contribution is 0.186. The van der Waals surface area contributed by atoms with E-state index in [1.807, 2.05) is 0 Å². The van der Waals surface area contributed by atoms with E-state index in [1.165, 1.54) is 18.4 Å². The predicted octanol–water partition coefficient (Wildman–Crippen LogP) is 4.75. The third kappa shape index (κ3) is 5.96. The van der Waals surface area contributed by atoms with Gasteiger partial charge in [0.05, 0.1) is 0 Å². The van der Waals surface area contributed by atoms with E-state index in [9.17, 15) is 0 Å². The Balaban J connectivity index is 2.54. The molecular weight excluding hydrogens is 246 g/mol. The fourth-order valence-electron chi connectivity index (χ4n) is 2.27. The first kappa shape index (κ1) is 17.0. The van der Waals surface area contributed by atoms with E-state index < -0.39 is 0 Å². The van der Waals surface area contributed by atoms with Crippen LogP contribution >= 0.6 is 0 Å². The molecule has 2 unspecified atom stereocenters. The van der Waals surface area contributed by atoms with E-state index >= 15 is 0 Å². The highest BCUT2D eigenvalue weighted by molar-refractivity contribution is 5.29. The summed E-state index contributed by atoms with van der Waals surface area (Å²) in [6, 6.07) is 8.63. The molecule has 0 spiro atoms. The molecule has 2 heteroatoms. The van der Waals surface area contributed by atoms with Gasteiger partial charge in [-0.15, -0.1) is 0 Å². The summed E-state index contributed by atoms with van der Waals surface area (Å²) in [5, 5.41) is 3.45. The van der Waals surface area contributed by atoms with Crippen LogP contribution in [0.3, 0.4) is 0 Å². The van der Waals surface area contributed by atoms with Crippen LogP contribution in [0, 0.1) is 0 Å². The van der Waals surface area contributed by atoms with Crippen molar-refractivity contribution in [2.45, 2.75) is 65.4 Å². The molecule has 0 saturated heterocycles. The summed E-state index contributed by atoms with van der Waals surface area (Å²) in [5.41, 5.74) is 1.40. The highest BCUT2D eigenvalue weighted by Crippen LogP contribution is 2.22. The van der Waals surface area contributed by atoms with Gasteiger partial charge in [0.15, 0.2) is 0 Å². The largest absolute Gasteiger partial charge is 0.489 e. The number of nitrogens with one attached hydrogen (secondary N) is 1. The predicted molar refractivity (Wildman–Crippen MR) is 87.6 cm³/mol. The van der Waals surface area contributed by atoms with Crippen LogP contribution in [0.4, 0.5) is 0 Å². The van der Waals surface area contributed by atoms with E-state index in [0.29, 0.717) is 5.92 Å². The molecule has 0 aromatic heterocycles. The van der Waals surface area contributed by atoms with Crippen molar-refractivity contribution in [1.29, 1.82) is 0 Å². The highest BCUT2D eigenvalue weighted by Gasteiger charge is 2.09. The Kier molecular flexibility index (Phi) is 8.36. The molecule has 0 aliphatic heterocycles. The molecule has 0 heterocycles. The van der Waals surface area contributed by atoms with Crippen molar-refractivity contribution in [2.75, 3.05) is 13.1 Å². The Morgan fingerprint density at radius 3 is 2.30 bits per heavy atom. The van der Waals surface area contributed by atoms with Crippen LogP contribution in [0.25, 0.3) is 0 Å². The maximum atomic E-state index is 6.11. The molecule has 0 aliphatic rings. The molecule has 2 nitrogen and oxygen atoms in total. The Bertz CT molecular complexity index is 347. The van der Waals surface area contributed by atoms with Gasteiger partial charge in [0, 0.05) is 6.54 Å². The van der Waals surface area contributed by atoms with Gasteiger partial charge in [-0.1, -0.05) is 46.2 Å². The van der Waals surface area contributed by atoms with Crippen LogP contribution in [0.2, 0.25) is 0 Å². The normalized spacial score (nSPS) is 14.0. The molecule has 0 radical (unpaired) electrons. The van der Waals surface area contributed by atoms with Gasteiger partial charge in [-0.3, -0.25) is 0 Å². The van der Waals surface area contributed by atoms with E-state index in [2.05, 4.69) is 57.3 Å². The zero-order valence-corrected chi connectivity index (χ0v) is 13.6. The maximum Gasteiger partial charge on any atom is 0.119 e. The van der Waals surface area contributed by atoms with Crippen LogP contribution in [-0.2, 0) is 0 Å². The molecule has 1 rings (SSSR count). The number of rotatable bonds is 10. The number of benzene rings is 1. The summed E-state index contributed by atoms with van der Waals surface area (Å²) >= 11 is 0. The zero-order valence-electron chi connectivity index (χ0n) is 13.6. The van der Waals surface area contributed by atoms with Crippen molar-refractivity contribution in [2.24, 2.45) is 0 Å². The lowest BCUT2D eigenvalue weighted by atomic mass is 9.99. The Morgan fingerprint density at radius 2 is 1.75 bits per heavy atom. The lowest BCUT2D eigenvalue weighted by Crippen LogP contribution is -2.31. The highest BCUT2D eigenvalue weighted by atomic mass is 16.5. The lowest BCUT2D eigenvalue weighted by Gasteiger charge is -2.20. The summed E-state index contributed by atoms with van der Waals surface area (Å²) in [5.74, 6) is 1.62. The molecule has 114 valence electrons. The Hall–Kier alpha value is -1.02. The topological polar surface area (TPSA) is 21.3 Å². The maximum absolute atomic E-state index is 6.11. The quantitative estimate of drug-likeness (QED) is 0.623. The molecule has 1 aromatic carbocycles. The fraction of sp³-hybridized carbons (Fsp3) is 0.667. The Morgan fingerprint density at radius 1 is 1.05 bits per heavy atom. The molecule has 0 fully saturated rings. The van der Waals surface area contributed by atoms with Gasteiger partial charge >= 0.3 is 0 Å². The summed E-state index contributed by atoms with van der Waals surface area (Å²) in [6.45, 7) is 10.9. The number of hydrogen-bond acceptors (Lipinski definition) is 2. The minimum atomic E-state index is 0.279. The van der Waals surface area contributed by atoms with Gasteiger partial charge in [0.2, 0.25) is 0 Å². The van der Waals surface area contributed by atoms with Gasteiger partial charge in [0.1, 0.15) is 11.9 Å². The van der Waals surface area contributed by atoms with E-state index in [0.717, 1.165) is 31.7 Å². The summed E-state index contributed by atoms with van der Waals surface area (Å²) < 4.78 is 6.11. The van der Waals surface area contributed by atoms with Crippen LogP contribution < -0.4 is 10.1 Å². The van der Waals surface area contributed by atoms with Crippen molar-refractivity contribution in [3.8, 4) is 5.75 Å². The van der Waals surface area contributed by atoms with Crippen molar-refractivity contribution < 1.29 is 4.74 Å². The average Bonchev–Trinajstić information content (AvgIpc) is 2.47. The summed E-state index contributed by atoms with van der Waals surface area (Å²) in [6.07, 6.45) is 4.89. The monoisotopic (exact) mass is 277 g/mol. The van der Waals surface area contributed by atoms with Gasteiger partial charge in [-0.25, -0.2) is 0 Å². The second-order valence-electron chi connectivity index (χ2n) is 5.61. The van der Waals surface area contributed by atoms with Crippen molar-refractivity contribution in [3.63, 3.8) is 0 Å². The first-order chi connectivity index (χ1) is 9.71. The molecule has 0 bridgehead atoms. The SMILES string of the molecule is CCCNCC(CCC)Oc1ccc(C(C)CC)cc1. The van der Waals surface area contributed by atoms with Crippen LogP contribution in [0.15, 0.2) is 24.3 Å². The third-order valence-corrected chi connectivity index (χ3v) is 3.77. The van der Waals surface area contributed by atoms with Gasteiger partial charge in [-0.05, 0) is 49.4 Å². The van der Waals surface area contributed by atoms with E-state index in [-0.39, 0.29) is 6.10 Å². The fourth-order valence-corrected chi connectivity index (χ4v) is 2.27. The Labute approximate surface area is 124 Å². The molecule has 0 aliphatic carbocycles. The van der Waals surface area contributed by atoms with Crippen molar-refractivity contribution in [1.82, 2.24) is 5.32 Å². The van der Waals surface area contributed by atoms with Gasteiger partial charge < -0.3 is 10.1 Å². The third-order valence-electron chi connectivity index (χ3n) is 3.77. The first-order valence-corrected chi connectivity index (χ1v) is 8.18. The second kappa shape index (κ2) is 9.82. The molecule has 0 saturated carbocycles. The summed E-state index contributed by atoms with van der Waals surface area (Å²) in [4.78, 5) is 0. The zero-order chi connectivity index (χ0) is 14.8. The van der Waals surface area contributed by atoms with Crippen molar-refractivity contribution in [3.05, 3.63) is 29.8 Å². The smallest absolute Gasteiger partial charge is 0.119 e. The molecule has 2 atom stereocenters. The van der Waals surface area contributed by atoms with Crippen LogP contribution in [0.5, 0.6) is 5.75 Å². The standard InChI is InChI=1S/C18H31NO/c1-5-8-18(14-19-13-6-2)20-17-11-9-16(10-12-17)15(4)7-3/h9-12,15,18-19H,5-8,13-14H2,1-4H3. The van der Waals surface area contributed by atoms with Crippen LogP contribution in [0.1, 0.15) is 64.9 Å². The van der Waals surface area contributed by atoms with Gasteiger partial charge in [0.25, 0.3) is 0 Å².